The Hall–Kier alpha value is -1.51. The first-order chi connectivity index (χ1) is 7.16. The van der Waals surface area contributed by atoms with Crippen LogP contribution in [0.15, 0.2) is 24.3 Å². The van der Waals surface area contributed by atoms with Crippen LogP contribution in [0, 0.1) is 5.92 Å². The van der Waals surface area contributed by atoms with Crippen molar-refractivity contribution < 1.29 is 4.79 Å². The topological polar surface area (TPSA) is 41.1 Å². The van der Waals surface area contributed by atoms with Gasteiger partial charge in [-0.1, -0.05) is 26.0 Å². The van der Waals surface area contributed by atoms with Gasteiger partial charge in [0.1, 0.15) is 0 Å². The zero-order valence-electron chi connectivity index (χ0n) is 9.08. The summed E-state index contributed by atoms with van der Waals surface area (Å²) in [7, 11) is 0. The van der Waals surface area contributed by atoms with Crippen molar-refractivity contribution in [2.75, 3.05) is 5.32 Å². The number of benzene rings is 1. The third-order valence-electron chi connectivity index (χ3n) is 2.51. The number of fused-ring (bicyclic) bond motifs is 1. The number of carbonyl (C=O) groups is 1. The van der Waals surface area contributed by atoms with Crippen molar-refractivity contribution in [1.29, 1.82) is 0 Å². The number of amides is 1. The van der Waals surface area contributed by atoms with Crippen molar-refractivity contribution in [3.8, 4) is 0 Å². The lowest BCUT2D eigenvalue weighted by Gasteiger charge is -2.28. The lowest BCUT2D eigenvalue weighted by atomic mass is 10.0. The number of rotatable bonds is 2. The van der Waals surface area contributed by atoms with Gasteiger partial charge in [-0.15, -0.1) is 0 Å². The fourth-order valence-corrected chi connectivity index (χ4v) is 1.86. The zero-order valence-corrected chi connectivity index (χ0v) is 9.08. The summed E-state index contributed by atoms with van der Waals surface area (Å²) in [6, 6.07) is 7.60. The van der Waals surface area contributed by atoms with Gasteiger partial charge in [0, 0.05) is 5.69 Å². The minimum Gasteiger partial charge on any atom is -0.365 e. The van der Waals surface area contributed by atoms with Gasteiger partial charge in [0.15, 0.2) is 0 Å². The third-order valence-corrected chi connectivity index (χ3v) is 2.51. The van der Waals surface area contributed by atoms with Gasteiger partial charge in [-0.2, -0.15) is 0 Å². The first-order valence-corrected chi connectivity index (χ1v) is 5.33. The number of anilines is 1. The van der Waals surface area contributed by atoms with E-state index < -0.39 is 0 Å². The molecule has 0 aliphatic carbocycles. The minimum absolute atomic E-state index is 0.0231. The van der Waals surface area contributed by atoms with Gasteiger partial charge in [0.2, 0.25) is 0 Å². The quantitative estimate of drug-likeness (QED) is 0.775. The summed E-state index contributed by atoms with van der Waals surface area (Å²) in [6.45, 7) is 4.29. The average Bonchev–Trinajstić information content (AvgIpc) is 2.16. The van der Waals surface area contributed by atoms with Crippen LogP contribution in [0.25, 0.3) is 0 Å². The Bertz CT molecular complexity index is 374. The highest BCUT2D eigenvalue weighted by Crippen LogP contribution is 2.21. The zero-order chi connectivity index (χ0) is 10.8. The predicted molar refractivity (Wildman–Crippen MR) is 60.8 cm³/mol. The van der Waals surface area contributed by atoms with Crippen molar-refractivity contribution in [3.63, 3.8) is 0 Å². The Morgan fingerprint density at radius 1 is 1.27 bits per heavy atom. The molecular weight excluding hydrogens is 188 g/mol. The predicted octanol–water partition coefficient (Wildman–Crippen LogP) is 2.21. The van der Waals surface area contributed by atoms with E-state index in [4.69, 9.17) is 0 Å². The summed E-state index contributed by atoms with van der Waals surface area (Å²) in [5.74, 6) is 0.586. The minimum atomic E-state index is 0.0231. The molecule has 0 saturated carbocycles. The van der Waals surface area contributed by atoms with Gasteiger partial charge in [0.25, 0.3) is 5.91 Å². The molecule has 1 aliphatic heterocycles. The molecule has 0 saturated heterocycles. The van der Waals surface area contributed by atoms with Gasteiger partial charge < -0.3 is 10.6 Å². The molecule has 1 aromatic rings. The second-order valence-corrected chi connectivity index (χ2v) is 4.35. The fraction of sp³-hybridized carbons (Fsp3) is 0.417. The molecule has 0 bridgehead atoms. The molecule has 1 aliphatic rings. The maximum absolute atomic E-state index is 11.7. The molecule has 3 heteroatoms. The van der Waals surface area contributed by atoms with Crippen LogP contribution in [0.4, 0.5) is 5.69 Å². The Morgan fingerprint density at radius 3 is 2.73 bits per heavy atom. The molecule has 15 heavy (non-hydrogen) atoms. The van der Waals surface area contributed by atoms with Crippen LogP contribution in [0.5, 0.6) is 0 Å². The summed E-state index contributed by atoms with van der Waals surface area (Å²) in [6.07, 6.45) is 1.01. The van der Waals surface area contributed by atoms with Crippen molar-refractivity contribution in [1.82, 2.24) is 5.32 Å². The SMILES string of the molecule is CC(C)C[C@@H]1NC(=O)c2ccccc2N1. The molecule has 1 atom stereocenters. The van der Waals surface area contributed by atoms with E-state index >= 15 is 0 Å². The monoisotopic (exact) mass is 204 g/mol. The highest BCUT2D eigenvalue weighted by Gasteiger charge is 2.22. The number of nitrogens with one attached hydrogen (secondary N) is 2. The van der Waals surface area contributed by atoms with Crippen molar-refractivity contribution in [3.05, 3.63) is 29.8 Å². The number of hydrogen-bond acceptors (Lipinski definition) is 2. The van der Waals surface area contributed by atoms with Gasteiger partial charge in [-0.3, -0.25) is 4.79 Å². The first kappa shape index (κ1) is 10.0. The largest absolute Gasteiger partial charge is 0.365 e. The Labute approximate surface area is 89.9 Å². The normalized spacial score (nSPS) is 19.4. The number of para-hydroxylation sites is 1. The van der Waals surface area contributed by atoms with Crippen LogP contribution in [0.1, 0.15) is 30.6 Å². The van der Waals surface area contributed by atoms with E-state index in [-0.39, 0.29) is 12.1 Å². The lowest BCUT2D eigenvalue weighted by molar-refractivity contribution is 0.0931. The van der Waals surface area contributed by atoms with Crippen molar-refractivity contribution in [2.45, 2.75) is 26.4 Å². The lowest BCUT2D eigenvalue weighted by Crippen LogP contribution is -2.45. The maximum atomic E-state index is 11.7. The molecule has 3 nitrogen and oxygen atoms in total. The smallest absolute Gasteiger partial charge is 0.254 e. The number of carbonyl (C=O) groups excluding carboxylic acids is 1. The molecule has 0 unspecified atom stereocenters. The molecule has 0 spiro atoms. The number of hydrogen-bond donors (Lipinski definition) is 2. The highest BCUT2D eigenvalue weighted by atomic mass is 16.2. The van der Waals surface area contributed by atoms with Crippen LogP contribution < -0.4 is 10.6 Å². The van der Waals surface area contributed by atoms with Gasteiger partial charge >= 0.3 is 0 Å². The summed E-state index contributed by atoms with van der Waals surface area (Å²) < 4.78 is 0. The van der Waals surface area contributed by atoms with Crippen LogP contribution >= 0.6 is 0 Å². The van der Waals surface area contributed by atoms with E-state index in [2.05, 4.69) is 24.5 Å². The second-order valence-electron chi connectivity index (χ2n) is 4.35. The average molecular weight is 204 g/mol. The van der Waals surface area contributed by atoms with E-state index in [1.807, 2.05) is 24.3 Å². The molecule has 0 radical (unpaired) electrons. The van der Waals surface area contributed by atoms with Crippen molar-refractivity contribution in [2.24, 2.45) is 5.92 Å². The van der Waals surface area contributed by atoms with E-state index in [1.165, 1.54) is 0 Å². The van der Waals surface area contributed by atoms with Crippen LogP contribution in [0.3, 0.4) is 0 Å². The van der Waals surface area contributed by atoms with Gasteiger partial charge in [-0.25, -0.2) is 0 Å². The molecule has 1 heterocycles. The molecule has 80 valence electrons. The summed E-state index contributed by atoms with van der Waals surface area (Å²) >= 11 is 0. The van der Waals surface area contributed by atoms with Crippen LogP contribution in [-0.4, -0.2) is 12.1 Å². The van der Waals surface area contributed by atoms with Crippen molar-refractivity contribution >= 4 is 11.6 Å². The van der Waals surface area contributed by atoms with Crippen LogP contribution in [-0.2, 0) is 0 Å². The molecule has 1 aromatic carbocycles. The van der Waals surface area contributed by atoms with Crippen LogP contribution in [0.2, 0.25) is 0 Å². The molecule has 2 N–H and O–H groups in total. The molecule has 0 aromatic heterocycles. The molecule has 2 rings (SSSR count). The second kappa shape index (κ2) is 3.93. The molecule has 1 amide bonds. The highest BCUT2D eigenvalue weighted by molar-refractivity contribution is 6.01. The Balaban J connectivity index is 2.19. The Morgan fingerprint density at radius 2 is 2.00 bits per heavy atom. The van der Waals surface area contributed by atoms with E-state index in [0.717, 1.165) is 17.7 Å². The standard InChI is InChI=1S/C12H16N2O/c1-8(2)7-11-13-10-6-4-3-5-9(10)12(15)14-11/h3-6,8,11,13H,7H2,1-2H3,(H,14,15)/t11-/m0/s1. The van der Waals surface area contributed by atoms with Gasteiger partial charge in [0.05, 0.1) is 11.7 Å². The summed E-state index contributed by atoms with van der Waals surface area (Å²) in [5, 5.41) is 6.28. The fourth-order valence-electron chi connectivity index (χ4n) is 1.86. The molecular formula is C12H16N2O. The van der Waals surface area contributed by atoms with Gasteiger partial charge in [-0.05, 0) is 24.5 Å². The summed E-state index contributed by atoms with van der Waals surface area (Å²) in [5.41, 5.74) is 1.67. The van der Waals surface area contributed by atoms with E-state index in [9.17, 15) is 4.79 Å². The third kappa shape index (κ3) is 2.12. The molecule has 0 fully saturated rings. The first-order valence-electron chi connectivity index (χ1n) is 5.33. The maximum Gasteiger partial charge on any atom is 0.254 e. The Kier molecular flexibility index (Phi) is 2.62. The van der Waals surface area contributed by atoms with E-state index in [0.29, 0.717) is 5.92 Å². The summed E-state index contributed by atoms with van der Waals surface area (Å²) in [4.78, 5) is 11.7. The van der Waals surface area contributed by atoms with E-state index in [1.54, 1.807) is 0 Å².